The van der Waals surface area contributed by atoms with Gasteiger partial charge in [0.25, 0.3) is 0 Å². The third-order valence-electron chi connectivity index (χ3n) is 7.01. The smallest absolute Gasteiger partial charge is 0.242 e. The Morgan fingerprint density at radius 2 is 1.64 bits per heavy atom. The van der Waals surface area contributed by atoms with Crippen molar-refractivity contribution in [1.82, 2.24) is 20.0 Å². The number of hydrogen-bond acceptors (Lipinski definition) is 5. The van der Waals surface area contributed by atoms with Crippen molar-refractivity contribution in [2.75, 3.05) is 37.6 Å². The fraction of sp³-hybridized carbons (Fsp3) is 0.357. The standard InChI is InChI=1S/C28H30FN5O2/c1-20(21-5-3-2-4-6-21)34(28(36)23-7-8-23)19-27(35)33-17-15-32(16-18-33)26-14-13-25(30-31-26)22-9-11-24(29)12-10-22/h2-6,9-14,20,23H,7-8,15-19H2,1H3. The molecule has 7 nitrogen and oxygen atoms in total. The van der Waals surface area contributed by atoms with Gasteiger partial charge in [-0.15, -0.1) is 10.2 Å². The Kier molecular flexibility index (Phi) is 6.93. The molecular formula is C28H30FN5O2. The molecule has 0 spiro atoms. The minimum absolute atomic E-state index is 0.0239. The molecule has 1 saturated heterocycles. The molecule has 1 aliphatic carbocycles. The maximum absolute atomic E-state index is 13.2. The molecule has 36 heavy (non-hydrogen) atoms. The van der Waals surface area contributed by atoms with Crippen LogP contribution >= 0.6 is 0 Å². The van der Waals surface area contributed by atoms with E-state index in [1.165, 1.54) is 12.1 Å². The predicted molar refractivity (Wildman–Crippen MR) is 136 cm³/mol. The molecule has 1 atom stereocenters. The first-order valence-corrected chi connectivity index (χ1v) is 12.5. The number of carbonyl (C=O) groups is 2. The van der Waals surface area contributed by atoms with Crippen LogP contribution in [0, 0.1) is 11.7 Å². The monoisotopic (exact) mass is 487 g/mol. The van der Waals surface area contributed by atoms with Gasteiger partial charge in [0.05, 0.1) is 11.7 Å². The molecule has 186 valence electrons. The van der Waals surface area contributed by atoms with Gasteiger partial charge in [0.1, 0.15) is 12.4 Å². The molecule has 2 amide bonds. The Bertz CT molecular complexity index is 1190. The number of anilines is 1. The maximum Gasteiger partial charge on any atom is 0.242 e. The van der Waals surface area contributed by atoms with Gasteiger partial charge in [0.15, 0.2) is 5.82 Å². The number of rotatable bonds is 7. The van der Waals surface area contributed by atoms with Crippen molar-refractivity contribution in [3.05, 3.63) is 78.1 Å². The zero-order chi connectivity index (χ0) is 25.1. The molecule has 2 aromatic carbocycles. The van der Waals surface area contributed by atoms with E-state index in [9.17, 15) is 14.0 Å². The lowest BCUT2D eigenvalue weighted by Gasteiger charge is -2.37. The van der Waals surface area contributed by atoms with Crippen molar-refractivity contribution >= 4 is 17.6 Å². The molecule has 2 fully saturated rings. The summed E-state index contributed by atoms with van der Waals surface area (Å²) in [7, 11) is 0. The molecule has 0 N–H and O–H groups in total. The first kappa shape index (κ1) is 23.9. The van der Waals surface area contributed by atoms with Crippen molar-refractivity contribution in [3.8, 4) is 11.3 Å². The second kappa shape index (κ2) is 10.4. The van der Waals surface area contributed by atoms with Gasteiger partial charge in [-0.05, 0) is 61.7 Å². The quantitative estimate of drug-likeness (QED) is 0.505. The third-order valence-corrected chi connectivity index (χ3v) is 7.01. The zero-order valence-electron chi connectivity index (χ0n) is 20.4. The Morgan fingerprint density at radius 3 is 2.25 bits per heavy atom. The van der Waals surface area contributed by atoms with E-state index in [2.05, 4.69) is 15.1 Å². The highest BCUT2D eigenvalue weighted by Gasteiger charge is 2.37. The van der Waals surface area contributed by atoms with E-state index in [1.54, 1.807) is 17.0 Å². The summed E-state index contributed by atoms with van der Waals surface area (Å²) >= 11 is 0. The molecule has 5 rings (SSSR count). The first-order valence-electron chi connectivity index (χ1n) is 12.5. The number of benzene rings is 2. The average molecular weight is 488 g/mol. The van der Waals surface area contributed by atoms with Crippen molar-refractivity contribution in [1.29, 1.82) is 0 Å². The second-order valence-electron chi connectivity index (χ2n) is 9.48. The van der Waals surface area contributed by atoms with Gasteiger partial charge < -0.3 is 14.7 Å². The number of halogens is 1. The number of amides is 2. The van der Waals surface area contributed by atoms with Crippen LogP contribution in [0.15, 0.2) is 66.7 Å². The van der Waals surface area contributed by atoms with Crippen LogP contribution in [0.3, 0.4) is 0 Å². The molecule has 1 saturated carbocycles. The Balaban J connectivity index is 1.19. The summed E-state index contributed by atoms with van der Waals surface area (Å²) in [4.78, 5) is 31.9. The van der Waals surface area contributed by atoms with E-state index in [1.807, 2.05) is 54.3 Å². The largest absolute Gasteiger partial charge is 0.352 e. The maximum atomic E-state index is 13.2. The Morgan fingerprint density at radius 1 is 0.944 bits per heavy atom. The van der Waals surface area contributed by atoms with Crippen LogP contribution in [-0.2, 0) is 9.59 Å². The van der Waals surface area contributed by atoms with Gasteiger partial charge >= 0.3 is 0 Å². The van der Waals surface area contributed by atoms with Crippen LogP contribution in [0.5, 0.6) is 0 Å². The van der Waals surface area contributed by atoms with E-state index in [0.717, 1.165) is 29.8 Å². The number of aromatic nitrogens is 2. The predicted octanol–water partition coefficient (Wildman–Crippen LogP) is 3.93. The number of nitrogens with zero attached hydrogens (tertiary/aromatic N) is 5. The van der Waals surface area contributed by atoms with Crippen LogP contribution < -0.4 is 4.90 Å². The van der Waals surface area contributed by atoms with E-state index < -0.39 is 0 Å². The second-order valence-corrected chi connectivity index (χ2v) is 9.48. The highest BCUT2D eigenvalue weighted by molar-refractivity contribution is 5.87. The van der Waals surface area contributed by atoms with E-state index in [4.69, 9.17) is 0 Å². The van der Waals surface area contributed by atoms with E-state index in [0.29, 0.717) is 31.9 Å². The fourth-order valence-electron chi connectivity index (χ4n) is 4.58. The van der Waals surface area contributed by atoms with Crippen LogP contribution in [0.1, 0.15) is 31.4 Å². The van der Waals surface area contributed by atoms with Gasteiger partial charge in [0.2, 0.25) is 11.8 Å². The van der Waals surface area contributed by atoms with Gasteiger partial charge in [-0.3, -0.25) is 9.59 Å². The van der Waals surface area contributed by atoms with E-state index in [-0.39, 0.29) is 36.1 Å². The molecule has 0 radical (unpaired) electrons. The minimum atomic E-state index is -0.287. The van der Waals surface area contributed by atoms with Crippen LogP contribution in [0.25, 0.3) is 11.3 Å². The number of hydrogen-bond donors (Lipinski definition) is 0. The van der Waals surface area contributed by atoms with E-state index >= 15 is 0 Å². The molecule has 1 unspecified atom stereocenters. The molecule has 1 aliphatic heterocycles. The van der Waals surface area contributed by atoms with Crippen molar-refractivity contribution < 1.29 is 14.0 Å². The lowest BCUT2D eigenvalue weighted by molar-refractivity contribution is -0.143. The van der Waals surface area contributed by atoms with Crippen LogP contribution in [-0.4, -0.2) is 64.5 Å². The van der Waals surface area contributed by atoms with Crippen LogP contribution in [0.2, 0.25) is 0 Å². The lowest BCUT2D eigenvalue weighted by Crippen LogP contribution is -2.52. The van der Waals surface area contributed by atoms with Crippen LogP contribution in [0.4, 0.5) is 10.2 Å². The SMILES string of the molecule is CC(c1ccccc1)N(CC(=O)N1CCN(c2ccc(-c3ccc(F)cc3)nn2)CC1)C(=O)C1CC1. The normalized spacial score (nSPS) is 16.5. The lowest BCUT2D eigenvalue weighted by atomic mass is 10.1. The third kappa shape index (κ3) is 5.37. The highest BCUT2D eigenvalue weighted by Crippen LogP contribution is 2.34. The number of carbonyl (C=O) groups excluding carboxylic acids is 2. The van der Waals surface area contributed by atoms with Crippen molar-refractivity contribution in [2.24, 2.45) is 5.92 Å². The molecule has 2 aliphatic rings. The summed E-state index contributed by atoms with van der Waals surface area (Å²) in [6, 6.07) is 19.7. The topological polar surface area (TPSA) is 69.6 Å². The summed E-state index contributed by atoms with van der Waals surface area (Å²) in [6.07, 6.45) is 1.81. The van der Waals surface area contributed by atoms with Gasteiger partial charge in [-0.25, -0.2) is 4.39 Å². The van der Waals surface area contributed by atoms with Gasteiger partial charge in [-0.2, -0.15) is 0 Å². The Labute approximate surface area is 210 Å². The van der Waals surface area contributed by atoms with Gasteiger partial charge in [-0.1, -0.05) is 30.3 Å². The van der Waals surface area contributed by atoms with Gasteiger partial charge in [0, 0.05) is 37.7 Å². The molecule has 3 aromatic rings. The molecule has 0 bridgehead atoms. The summed E-state index contributed by atoms with van der Waals surface area (Å²) in [5.74, 6) is 0.567. The molecular weight excluding hydrogens is 457 g/mol. The summed E-state index contributed by atoms with van der Waals surface area (Å²) in [6.45, 7) is 4.49. The Hall–Kier alpha value is -3.81. The van der Waals surface area contributed by atoms with Crippen molar-refractivity contribution in [2.45, 2.75) is 25.8 Å². The summed E-state index contributed by atoms with van der Waals surface area (Å²) < 4.78 is 13.2. The molecule has 2 heterocycles. The summed E-state index contributed by atoms with van der Waals surface area (Å²) in [5.41, 5.74) is 2.52. The molecule has 1 aromatic heterocycles. The average Bonchev–Trinajstić information content (AvgIpc) is 3.78. The first-order chi connectivity index (χ1) is 17.5. The fourth-order valence-corrected chi connectivity index (χ4v) is 4.58. The number of piperazine rings is 1. The highest BCUT2D eigenvalue weighted by atomic mass is 19.1. The van der Waals surface area contributed by atoms with Crippen molar-refractivity contribution in [3.63, 3.8) is 0 Å². The summed E-state index contributed by atoms with van der Waals surface area (Å²) in [5, 5.41) is 8.65. The zero-order valence-corrected chi connectivity index (χ0v) is 20.4. The minimum Gasteiger partial charge on any atom is -0.352 e. The molecule has 8 heteroatoms.